The summed E-state index contributed by atoms with van der Waals surface area (Å²) in [7, 11) is 1.59. The van der Waals surface area contributed by atoms with Gasteiger partial charge >= 0.3 is 0 Å². The summed E-state index contributed by atoms with van der Waals surface area (Å²) in [5, 5.41) is 12.1. The molecular weight excluding hydrogens is 218 g/mol. The Bertz CT molecular complexity index is 345. The molecule has 5 heteroatoms. The molecule has 1 rings (SSSR count). The number of ether oxygens (including phenoxy) is 1. The molecule has 0 radical (unpaired) electrons. The van der Waals surface area contributed by atoms with Crippen molar-refractivity contribution in [2.75, 3.05) is 25.6 Å². The first-order valence-corrected chi connectivity index (χ1v) is 5.90. The van der Waals surface area contributed by atoms with Crippen molar-refractivity contribution in [3.63, 3.8) is 0 Å². The van der Waals surface area contributed by atoms with Crippen LogP contribution in [0, 0.1) is 12.8 Å². The van der Waals surface area contributed by atoms with Crippen molar-refractivity contribution < 1.29 is 9.84 Å². The molecule has 1 aromatic rings. The van der Waals surface area contributed by atoms with Gasteiger partial charge in [0.1, 0.15) is 11.6 Å². The molecule has 0 aliphatic carbocycles. The summed E-state index contributed by atoms with van der Waals surface area (Å²) in [6, 6.07) is 1.78. The minimum absolute atomic E-state index is 0.250. The third-order valence-corrected chi connectivity index (χ3v) is 2.52. The molecular formula is C12H21N3O2. The Morgan fingerprint density at radius 1 is 1.47 bits per heavy atom. The highest BCUT2D eigenvalue weighted by Crippen LogP contribution is 2.13. The molecule has 0 aromatic carbocycles. The van der Waals surface area contributed by atoms with Gasteiger partial charge in [-0.1, -0.05) is 6.92 Å². The van der Waals surface area contributed by atoms with Gasteiger partial charge in [0.05, 0.1) is 7.11 Å². The Hall–Kier alpha value is -1.36. The normalized spacial score (nSPS) is 12.2. The van der Waals surface area contributed by atoms with E-state index >= 15 is 0 Å². The Kier molecular flexibility index (Phi) is 5.69. The van der Waals surface area contributed by atoms with E-state index in [1.54, 1.807) is 13.2 Å². The molecule has 96 valence electrons. The van der Waals surface area contributed by atoms with Crippen LogP contribution in [0.5, 0.6) is 5.88 Å². The minimum Gasteiger partial charge on any atom is -0.481 e. The van der Waals surface area contributed by atoms with Gasteiger partial charge < -0.3 is 15.2 Å². The van der Waals surface area contributed by atoms with E-state index in [1.807, 2.05) is 13.8 Å². The summed E-state index contributed by atoms with van der Waals surface area (Å²) in [4.78, 5) is 8.38. The fourth-order valence-electron chi connectivity index (χ4n) is 1.49. The number of aromatic nitrogens is 2. The second-order valence-electron chi connectivity index (χ2n) is 4.20. The number of nitrogens with one attached hydrogen (secondary N) is 1. The Morgan fingerprint density at radius 3 is 2.88 bits per heavy atom. The summed E-state index contributed by atoms with van der Waals surface area (Å²) >= 11 is 0. The van der Waals surface area contributed by atoms with E-state index in [2.05, 4.69) is 15.3 Å². The highest BCUT2D eigenvalue weighted by Gasteiger charge is 2.02. The Morgan fingerprint density at radius 2 is 2.24 bits per heavy atom. The van der Waals surface area contributed by atoms with Crippen LogP contribution in [0.4, 0.5) is 5.82 Å². The van der Waals surface area contributed by atoms with E-state index in [0.29, 0.717) is 17.6 Å². The first-order chi connectivity index (χ1) is 8.15. The molecule has 0 fully saturated rings. The monoisotopic (exact) mass is 239 g/mol. The van der Waals surface area contributed by atoms with Crippen LogP contribution in [0.25, 0.3) is 0 Å². The lowest BCUT2D eigenvalue weighted by molar-refractivity contribution is 0.229. The van der Waals surface area contributed by atoms with Crippen molar-refractivity contribution in [1.82, 2.24) is 9.97 Å². The molecule has 0 saturated carbocycles. The first kappa shape index (κ1) is 13.7. The Balaban J connectivity index is 2.38. The number of anilines is 1. The van der Waals surface area contributed by atoms with Crippen LogP contribution < -0.4 is 10.1 Å². The van der Waals surface area contributed by atoms with Crippen LogP contribution in [-0.2, 0) is 0 Å². The van der Waals surface area contributed by atoms with E-state index in [9.17, 15) is 0 Å². The molecule has 17 heavy (non-hydrogen) atoms. The van der Waals surface area contributed by atoms with Crippen molar-refractivity contribution in [2.45, 2.75) is 26.7 Å². The van der Waals surface area contributed by atoms with Crippen LogP contribution in [0.2, 0.25) is 0 Å². The number of aliphatic hydroxyl groups excluding tert-OH is 1. The van der Waals surface area contributed by atoms with E-state index in [0.717, 1.165) is 25.2 Å². The number of methoxy groups -OCH3 is 1. The van der Waals surface area contributed by atoms with Gasteiger partial charge in [0.25, 0.3) is 0 Å². The van der Waals surface area contributed by atoms with E-state index in [-0.39, 0.29) is 6.61 Å². The van der Waals surface area contributed by atoms with Gasteiger partial charge in [-0.3, -0.25) is 0 Å². The number of hydrogen-bond acceptors (Lipinski definition) is 5. The number of aryl methyl sites for hydroxylation is 1. The van der Waals surface area contributed by atoms with Gasteiger partial charge in [0, 0.05) is 19.2 Å². The zero-order chi connectivity index (χ0) is 12.7. The molecule has 1 aromatic heterocycles. The Labute approximate surface area is 102 Å². The SMILES string of the molecule is COc1cc(NCCCC(C)CO)nc(C)n1. The molecule has 2 N–H and O–H groups in total. The van der Waals surface area contributed by atoms with E-state index < -0.39 is 0 Å². The first-order valence-electron chi connectivity index (χ1n) is 5.90. The maximum absolute atomic E-state index is 8.90. The summed E-state index contributed by atoms with van der Waals surface area (Å²) in [6.45, 7) is 4.96. The molecule has 1 heterocycles. The lowest BCUT2D eigenvalue weighted by atomic mass is 10.1. The van der Waals surface area contributed by atoms with Gasteiger partial charge in [0.2, 0.25) is 5.88 Å². The van der Waals surface area contributed by atoms with Crippen LogP contribution in [0.1, 0.15) is 25.6 Å². The lowest BCUT2D eigenvalue weighted by Gasteiger charge is -2.09. The molecule has 0 amide bonds. The smallest absolute Gasteiger partial charge is 0.218 e. The molecule has 1 unspecified atom stereocenters. The van der Waals surface area contributed by atoms with Crippen molar-refractivity contribution in [2.24, 2.45) is 5.92 Å². The number of hydrogen-bond donors (Lipinski definition) is 2. The van der Waals surface area contributed by atoms with Crippen LogP contribution in [0.15, 0.2) is 6.07 Å². The van der Waals surface area contributed by atoms with Crippen LogP contribution >= 0.6 is 0 Å². The van der Waals surface area contributed by atoms with Gasteiger partial charge in [-0.25, -0.2) is 4.98 Å². The average molecular weight is 239 g/mol. The fraction of sp³-hybridized carbons (Fsp3) is 0.667. The number of nitrogens with zero attached hydrogens (tertiary/aromatic N) is 2. The fourth-order valence-corrected chi connectivity index (χ4v) is 1.49. The van der Waals surface area contributed by atoms with E-state index in [1.165, 1.54) is 0 Å². The van der Waals surface area contributed by atoms with Crippen molar-refractivity contribution in [3.8, 4) is 5.88 Å². The maximum atomic E-state index is 8.90. The van der Waals surface area contributed by atoms with E-state index in [4.69, 9.17) is 9.84 Å². The van der Waals surface area contributed by atoms with Crippen molar-refractivity contribution in [3.05, 3.63) is 11.9 Å². The predicted molar refractivity (Wildman–Crippen MR) is 67.3 cm³/mol. The molecule has 0 bridgehead atoms. The molecule has 0 spiro atoms. The largest absolute Gasteiger partial charge is 0.481 e. The third-order valence-electron chi connectivity index (χ3n) is 2.52. The topological polar surface area (TPSA) is 67.3 Å². The standard InChI is InChI=1S/C12H21N3O2/c1-9(8-16)5-4-6-13-11-7-12(17-3)15-10(2)14-11/h7,9,16H,4-6,8H2,1-3H3,(H,13,14,15). The number of aliphatic hydroxyl groups is 1. The summed E-state index contributed by atoms with van der Waals surface area (Å²) in [5.74, 6) is 2.41. The predicted octanol–water partition coefficient (Wildman–Crippen LogP) is 1.61. The molecule has 1 atom stereocenters. The zero-order valence-corrected chi connectivity index (χ0v) is 10.7. The van der Waals surface area contributed by atoms with Crippen molar-refractivity contribution in [1.29, 1.82) is 0 Å². The number of rotatable bonds is 7. The second kappa shape index (κ2) is 7.06. The zero-order valence-electron chi connectivity index (χ0n) is 10.7. The average Bonchev–Trinajstić information content (AvgIpc) is 2.33. The van der Waals surface area contributed by atoms with Crippen LogP contribution in [0.3, 0.4) is 0 Å². The van der Waals surface area contributed by atoms with Gasteiger partial charge in [-0.15, -0.1) is 0 Å². The lowest BCUT2D eigenvalue weighted by Crippen LogP contribution is -2.08. The summed E-state index contributed by atoms with van der Waals surface area (Å²) in [5.41, 5.74) is 0. The molecule has 0 aliphatic heterocycles. The van der Waals surface area contributed by atoms with Gasteiger partial charge in [-0.2, -0.15) is 4.98 Å². The molecule has 0 aliphatic rings. The summed E-state index contributed by atoms with van der Waals surface area (Å²) in [6.07, 6.45) is 2.01. The highest BCUT2D eigenvalue weighted by molar-refractivity contribution is 5.38. The third kappa shape index (κ3) is 4.99. The maximum Gasteiger partial charge on any atom is 0.218 e. The summed E-state index contributed by atoms with van der Waals surface area (Å²) < 4.78 is 5.07. The van der Waals surface area contributed by atoms with Crippen molar-refractivity contribution >= 4 is 5.82 Å². The highest BCUT2D eigenvalue weighted by atomic mass is 16.5. The minimum atomic E-state index is 0.250. The molecule has 0 saturated heterocycles. The second-order valence-corrected chi connectivity index (χ2v) is 4.20. The van der Waals surface area contributed by atoms with Gasteiger partial charge in [-0.05, 0) is 25.7 Å². The molecule has 5 nitrogen and oxygen atoms in total. The van der Waals surface area contributed by atoms with Crippen LogP contribution in [-0.4, -0.2) is 35.3 Å². The van der Waals surface area contributed by atoms with Gasteiger partial charge in [0.15, 0.2) is 0 Å². The quantitative estimate of drug-likeness (QED) is 0.708.